The highest BCUT2D eigenvalue weighted by molar-refractivity contribution is 5.89. The van der Waals surface area contributed by atoms with Crippen molar-refractivity contribution >= 4 is 12.1 Å². The van der Waals surface area contributed by atoms with Crippen molar-refractivity contribution in [1.82, 2.24) is 5.32 Å². The van der Waals surface area contributed by atoms with E-state index in [0.717, 1.165) is 0 Å². The van der Waals surface area contributed by atoms with Crippen molar-refractivity contribution in [1.29, 1.82) is 0 Å². The number of ether oxygens (including phenoxy) is 1. The Morgan fingerprint density at radius 3 is 2.78 bits per heavy atom. The van der Waals surface area contributed by atoms with Crippen molar-refractivity contribution in [2.75, 3.05) is 6.61 Å². The van der Waals surface area contributed by atoms with E-state index in [-0.39, 0.29) is 23.6 Å². The summed E-state index contributed by atoms with van der Waals surface area (Å²) in [7, 11) is 0. The zero-order chi connectivity index (χ0) is 13.3. The van der Waals surface area contributed by atoms with Gasteiger partial charge in [-0.2, -0.15) is 0 Å². The fourth-order valence-corrected chi connectivity index (χ4v) is 2.13. The third-order valence-electron chi connectivity index (χ3n) is 3.12. The highest BCUT2D eigenvalue weighted by Gasteiger charge is 2.39. The van der Waals surface area contributed by atoms with Gasteiger partial charge in [-0.3, -0.25) is 0 Å². The van der Waals surface area contributed by atoms with Crippen LogP contribution in [0.25, 0.3) is 0 Å². The van der Waals surface area contributed by atoms with E-state index in [1.807, 2.05) is 13.8 Å². The Kier molecular flexibility index (Phi) is 2.98. The molecule has 0 bridgehead atoms. The number of carbonyl (C=O) groups is 2. The molecular formula is C13H15NO4. The first kappa shape index (κ1) is 12.4. The molecule has 2 rings (SSSR count). The van der Waals surface area contributed by atoms with Crippen LogP contribution in [-0.2, 0) is 4.74 Å². The second-order valence-electron chi connectivity index (χ2n) is 5.03. The molecule has 1 aromatic rings. The minimum Gasteiger partial charge on any atom is -0.478 e. The van der Waals surface area contributed by atoms with Crippen molar-refractivity contribution in [3.8, 4) is 0 Å². The molecule has 1 aromatic carbocycles. The molecule has 1 heterocycles. The van der Waals surface area contributed by atoms with Crippen LogP contribution in [0.3, 0.4) is 0 Å². The Morgan fingerprint density at radius 1 is 1.44 bits per heavy atom. The SMILES string of the molecule is CC1(C)COC(=O)N[C@H]1c1ccccc1C(=O)O. The van der Waals surface area contributed by atoms with Gasteiger partial charge in [0.25, 0.3) is 0 Å². The molecule has 1 saturated heterocycles. The molecule has 18 heavy (non-hydrogen) atoms. The van der Waals surface area contributed by atoms with Crippen molar-refractivity contribution < 1.29 is 19.4 Å². The molecule has 2 N–H and O–H groups in total. The lowest BCUT2D eigenvalue weighted by Crippen LogP contribution is -2.47. The first-order chi connectivity index (χ1) is 8.42. The maximum Gasteiger partial charge on any atom is 0.407 e. The van der Waals surface area contributed by atoms with Crippen molar-refractivity contribution in [3.63, 3.8) is 0 Å². The van der Waals surface area contributed by atoms with Gasteiger partial charge in [-0.05, 0) is 11.6 Å². The Balaban J connectivity index is 2.46. The summed E-state index contributed by atoms with van der Waals surface area (Å²) in [6, 6.07) is 6.32. The smallest absolute Gasteiger partial charge is 0.407 e. The molecule has 0 aliphatic carbocycles. The van der Waals surface area contributed by atoms with Gasteiger partial charge < -0.3 is 15.2 Å². The first-order valence-electron chi connectivity index (χ1n) is 5.67. The van der Waals surface area contributed by atoms with E-state index < -0.39 is 12.1 Å². The maximum atomic E-state index is 11.3. The van der Waals surface area contributed by atoms with Gasteiger partial charge in [-0.1, -0.05) is 32.0 Å². The van der Waals surface area contributed by atoms with Gasteiger partial charge >= 0.3 is 12.1 Å². The molecule has 96 valence electrons. The monoisotopic (exact) mass is 249 g/mol. The van der Waals surface area contributed by atoms with Crippen LogP contribution in [0.15, 0.2) is 24.3 Å². The van der Waals surface area contributed by atoms with Crippen LogP contribution in [0.1, 0.15) is 35.8 Å². The van der Waals surface area contributed by atoms with E-state index >= 15 is 0 Å². The second-order valence-corrected chi connectivity index (χ2v) is 5.03. The largest absolute Gasteiger partial charge is 0.478 e. The van der Waals surface area contributed by atoms with Gasteiger partial charge in [-0.25, -0.2) is 9.59 Å². The Hall–Kier alpha value is -2.04. The molecule has 1 aliphatic rings. The fraction of sp³-hybridized carbons (Fsp3) is 0.385. The van der Waals surface area contributed by atoms with Crippen LogP contribution < -0.4 is 5.32 Å². The lowest BCUT2D eigenvalue weighted by atomic mass is 9.79. The van der Waals surface area contributed by atoms with Gasteiger partial charge in [0.05, 0.1) is 11.6 Å². The number of benzene rings is 1. The lowest BCUT2D eigenvalue weighted by molar-refractivity contribution is 0.0378. The van der Waals surface area contributed by atoms with Gasteiger partial charge in [0.1, 0.15) is 6.61 Å². The minimum absolute atomic E-state index is 0.206. The van der Waals surface area contributed by atoms with Crippen LogP contribution >= 0.6 is 0 Å². The first-order valence-corrected chi connectivity index (χ1v) is 5.67. The summed E-state index contributed by atoms with van der Waals surface area (Å²) in [5, 5.41) is 11.9. The minimum atomic E-state index is -0.998. The molecular weight excluding hydrogens is 234 g/mol. The number of hydrogen-bond acceptors (Lipinski definition) is 3. The normalized spacial score (nSPS) is 21.9. The Labute approximate surface area is 105 Å². The molecule has 0 unspecified atom stereocenters. The van der Waals surface area contributed by atoms with Gasteiger partial charge in [-0.15, -0.1) is 0 Å². The summed E-state index contributed by atoms with van der Waals surface area (Å²) in [6.45, 7) is 4.11. The van der Waals surface area contributed by atoms with E-state index in [2.05, 4.69) is 5.32 Å². The highest BCUT2D eigenvalue weighted by atomic mass is 16.6. The number of amides is 1. The average Bonchev–Trinajstić information content (AvgIpc) is 2.32. The number of rotatable bonds is 2. The topological polar surface area (TPSA) is 75.6 Å². The van der Waals surface area contributed by atoms with Crippen LogP contribution in [-0.4, -0.2) is 23.8 Å². The van der Waals surface area contributed by atoms with Crippen molar-refractivity contribution in [2.45, 2.75) is 19.9 Å². The third-order valence-corrected chi connectivity index (χ3v) is 3.12. The number of carboxylic acid groups (broad SMARTS) is 1. The molecule has 1 aliphatic heterocycles. The van der Waals surface area contributed by atoms with Crippen LogP contribution in [0.5, 0.6) is 0 Å². The maximum absolute atomic E-state index is 11.3. The summed E-state index contributed by atoms with van der Waals surface area (Å²) in [6.07, 6.45) is -0.514. The average molecular weight is 249 g/mol. The van der Waals surface area contributed by atoms with E-state index in [9.17, 15) is 14.7 Å². The number of hydrogen-bond donors (Lipinski definition) is 2. The van der Waals surface area contributed by atoms with Crippen LogP contribution in [0.4, 0.5) is 4.79 Å². The quantitative estimate of drug-likeness (QED) is 0.842. The molecule has 0 saturated carbocycles. The van der Waals surface area contributed by atoms with E-state index in [4.69, 9.17) is 4.74 Å². The fourth-order valence-electron chi connectivity index (χ4n) is 2.13. The predicted octanol–water partition coefficient (Wildman–Crippen LogP) is 2.19. The second kappa shape index (κ2) is 4.33. The Bertz CT molecular complexity index is 496. The van der Waals surface area contributed by atoms with Gasteiger partial charge in [0, 0.05) is 5.41 Å². The molecule has 5 heteroatoms. The summed E-state index contributed by atoms with van der Waals surface area (Å²) in [4.78, 5) is 22.5. The lowest BCUT2D eigenvalue weighted by Gasteiger charge is -2.39. The number of alkyl carbamates (subject to hydrolysis) is 1. The van der Waals surface area contributed by atoms with Crippen molar-refractivity contribution in [2.24, 2.45) is 5.41 Å². The van der Waals surface area contributed by atoms with Gasteiger partial charge in [0.15, 0.2) is 0 Å². The standard InChI is InChI=1S/C13H15NO4/c1-13(2)7-18-12(17)14-10(13)8-5-3-4-6-9(8)11(15)16/h3-6,10H,7H2,1-2H3,(H,14,17)(H,15,16)/t10-/m0/s1. The van der Waals surface area contributed by atoms with Gasteiger partial charge in [0.2, 0.25) is 0 Å². The number of carbonyl (C=O) groups excluding carboxylic acids is 1. The predicted molar refractivity (Wildman–Crippen MR) is 64.4 cm³/mol. The summed E-state index contributed by atoms with van der Waals surface area (Å²) >= 11 is 0. The molecule has 0 radical (unpaired) electrons. The van der Waals surface area contributed by atoms with E-state index in [0.29, 0.717) is 5.56 Å². The number of carboxylic acids is 1. The molecule has 0 spiro atoms. The Morgan fingerprint density at radius 2 is 2.11 bits per heavy atom. The van der Waals surface area contributed by atoms with Crippen molar-refractivity contribution in [3.05, 3.63) is 35.4 Å². The van der Waals surface area contributed by atoms with Crippen LogP contribution in [0, 0.1) is 5.41 Å². The zero-order valence-corrected chi connectivity index (χ0v) is 10.3. The number of nitrogens with one attached hydrogen (secondary N) is 1. The molecule has 1 amide bonds. The third kappa shape index (κ3) is 2.16. The van der Waals surface area contributed by atoms with E-state index in [1.54, 1.807) is 18.2 Å². The van der Waals surface area contributed by atoms with Crippen LogP contribution in [0.2, 0.25) is 0 Å². The summed E-state index contributed by atoms with van der Waals surface area (Å²) in [5.41, 5.74) is 0.448. The van der Waals surface area contributed by atoms with E-state index in [1.165, 1.54) is 6.07 Å². The summed E-state index contributed by atoms with van der Waals surface area (Å²) in [5.74, 6) is -0.998. The molecule has 1 atom stereocenters. The highest BCUT2D eigenvalue weighted by Crippen LogP contribution is 2.37. The number of cyclic esters (lactones) is 1. The molecule has 0 aromatic heterocycles. The zero-order valence-electron chi connectivity index (χ0n) is 10.3. The molecule has 1 fully saturated rings. The summed E-state index contributed by atoms with van der Waals surface area (Å²) < 4.78 is 4.95. The molecule has 5 nitrogen and oxygen atoms in total. The number of aromatic carboxylic acids is 1.